The molecule has 134 valence electrons. The highest BCUT2D eigenvalue weighted by Gasteiger charge is 2.23. The average Bonchev–Trinajstić information content (AvgIpc) is 2.62. The van der Waals surface area contributed by atoms with Gasteiger partial charge in [0.25, 0.3) is 0 Å². The molecule has 1 aliphatic heterocycles. The van der Waals surface area contributed by atoms with Gasteiger partial charge in [0.05, 0.1) is 5.75 Å². The van der Waals surface area contributed by atoms with Crippen molar-refractivity contribution < 1.29 is 13.5 Å². The summed E-state index contributed by atoms with van der Waals surface area (Å²) in [6, 6.07) is 16.7. The lowest BCUT2D eigenvalue weighted by molar-refractivity contribution is 0.193. The van der Waals surface area contributed by atoms with Crippen LogP contribution in [0.3, 0.4) is 0 Å². The first kappa shape index (κ1) is 18.0. The maximum absolute atomic E-state index is 12.4. The molecule has 1 aliphatic rings. The van der Waals surface area contributed by atoms with Crippen LogP contribution in [0.2, 0.25) is 0 Å². The van der Waals surface area contributed by atoms with Gasteiger partial charge in [-0.3, -0.25) is 0 Å². The molecule has 0 saturated carbocycles. The molecule has 0 aromatic heterocycles. The number of hydrogen-bond acceptors (Lipinski definition) is 4. The van der Waals surface area contributed by atoms with Crippen LogP contribution in [0.1, 0.15) is 18.4 Å². The smallest absolute Gasteiger partial charge is 0.183 e. The Bertz CT molecular complexity index is 782. The first-order chi connectivity index (χ1) is 12.0. The van der Waals surface area contributed by atoms with Gasteiger partial charge < -0.3 is 10.0 Å². The summed E-state index contributed by atoms with van der Waals surface area (Å²) in [7, 11) is -3.44. The van der Waals surface area contributed by atoms with Crippen molar-refractivity contribution in [2.75, 3.05) is 25.4 Å². The molecule has 1 fully saturated rings. The lowest BCUT2D eigenvalue weighted by atomic mass is 9.90. The Balaban J connectivity index is 1.49. The minimum absolute atomic E-state index is 0.0361. The summed E-state index contributed by atoms with van der Waals surface area (Å²) in [5, 5.41) is 9.77. The van der Waals surface area contributed by atoms with Crippen molar-refractivity contribution in [1.82, 2.24) is 4.90 Å². The van der Waals surface area contributed by atoms with Crippen LogP contribution in [0.5, 0.6) is 5.75 Å². The lowest BCUT2D eigenvalue weighted by Crippen LogP contribution is -2.37. The Kier molecular flexibility index (Phi) is 5.76. The highest BCUT2D eigenvalue weighted by molar-refractivity contribution is 7.91. The van der Waals surface area contributed by atoms with E-state index in [1.54, 1.807) is 12.1 Å². The van der Waals surface area contributed by atoms with E-state index in [-0.39, 0.29) is 16.4 Å². The van der Waals surface area contributed by atoms with Crippen molar-refractivity contribution >= 4 is 9.84 Å². The van der Waals surface area contributed by atoms with Crippen molar-refractivity contribution in [2.24, 2.45) is 5.92 Å². The van der Waals surface area contributed by atoms with Crippen LogP contribution in [0.4, 0.5) is 0 Å². The van der Waals surface area contributed by atoms with Gasteiger partial charge in [-0.1, -0.05) is 42.5 Å². The largest absolute Gasteiger partial charge is 0.507 e. The van der Waals surface area contributed by atoms with Crippen molar-refractivity contribution in [2.45, 2.75) is 24.2 Å². The number of nitrogens with zero attached hydrogens (tertiary/aromatic N) is 1. The van der Waals surface area contributed by atoms with Gasteiger partial charge in [-0.15, -0.1) is 0 Å². The maximum Gasteiger partial charge on any atom is 0.183 e. The number of likely N-dealkylation sites (tertiary alicyclic amines) is 1. The molecule has 0 aliphatic carbocycles. The molecule has 0 spiro atoms. The first-order valence-electron chi connectivity index (χ1n) is 8.81. The molecular weight excluding hydrogens is 334 g/mol. The van der Waals surface area contributed by atoms with Crippen LogP contribution in [-0.4, -0.2) is 43.8 Å². The van der Waals surface area contributed by atoms with Crippen LogP contribution >= 0.6 is 0 Å². The van der Waals surface area contributed by atoms with Gasteiger partial charge in [0, 0.05) is 6.54 Å². The van der Waals surface area contributed by atoms with E-state index in [1.807, 2.05) is 6.07 Å². The number of hydrogen-bond donors (Lipinski definition) is 1. The topological polar surface area (TPSA) is 57.6 Å². The predicted octanol–water partition coefficient (Wildman–Crippen LogP) is 3.12. The molecule has 0 unspecified atom stereocenters. The van der Waals surface area contributed by atoms with Gasteiger partial charge in [-0.25, -0.2) is 8.42 Å². The number of para-hydroxylation sites is 1. The molecule has 3 rings (SSSR count). The third-order valence-electron chi connectivity index (χ3n) is 4.95. The van der Waals surface area contributed by atoms with Crippen molar-refractivity contribution in [3.63, 3.8) is 0 Å². The highest BCUT2D eigenvalue weighted by atomic mass is 32.2. The second kappa shape index (κ2) is 8.02. The molecule has 1 N–H and O–H groups in total. The van der Waals surface area contributed by atoms with Gasteiger partial charge in [0.1, 0.15) is 10.6 Å². The van der Waals surface area contributed by atoms with Crippen molar-refractivity contribution in [1.29, 1.82) is 0 Å². The number of phenols is 1. The maximum atomic E-state index is 12.4. The van der Waals surface area contributed by atoms with Gasteiger partial charge in [0.15, 0.2) is 9.84 Å². The second-order valence-electron chi connectivity index (χ2n) is 6.76. The molecule has 5 heteroatoms. The van der Waals surface area contributed by atoms with E-state index in [2.05, 4.69) is 29.2 Å². The summed E-state index contributed by atoms with van der Waals surface area (Å²) in [6.45, 7) is 2.40. The number of benzene rings is 2. The Labute approximate surface area is 150 Å². The second-order valence-corrected chi connectivity index (χ2v) is 8.84. The van der Waals surface area contributed by atoms with Gasteiger partial charge in [-0.2, -0.15) is 0 Å². The van der Waals surface area contributed by atoms with E-state index in [9.17, 15) is 13.5 Å². The fourth-order valence-corrected chi connectivity index (χ4v) is 4.83. The Hall–Kier alpha value is -1.85. The molecular formula is C20H25NO3S. The summed E-state index contributed by atoms with van der Waals surface area (Å²) in [5.74, 6) is 0.561. The summed E-state index contributed by atoms with van der Waals surface area (Å²) < 4.78 is 24.8. The van der Waals surface area contributed by atoms with E-state index >= 15 is 0 Å². The lowest BCUT2D eigenvalue weighted by Gasteiger charge is -2.32. The molecule has 1 heterocycles. The number of piperidine rings is 1. The predicted molar refractivity (Wildman–Crippen MR) is 99.5 cm³/mol. The minimum atomic E-state index is -3.44. The normalized spacial score (nSPS) is 16.8. The Morgan fingerprint density at radius 3 is 2.28 bits per heavy atom. The number of phenolic OH excluding ortho intramolecular Hbond substituents is 1. The summed E-state index contributed by atoms with van der Waals surface area (Å²) in [5.41, 5.74) is 1.38. The van der Waals surface area contributed by atoms with E-state index in [0.29, 0.717) is 12.5 Å². The minimum Gasteiger partial charge on any atom is -0.507 e. The van der Waals surface area contributed by atoms with Crippen molar-refractivity contribution in [3.05, 3.63) is 60.2 Å². The standard InChI is InChI=1S/C20H25NO3S/c22-19-8-4-5-9-20(19)25(23,24)15-14-21-12-10-18(11-13-21)16-17-6-2-1-3-7-17/h1-9,18,22H,10-16H2. The molecule has 4 nitrogen and oxygen atoms in total. The van der Waals surface area contributed by atoms with Gasteiger partial charge >= 0.3 is 0 Å². The average molecular weight is 359 g/mol. The van der Waals surface area contributed by atoms with Crippen LogP contribution in [-0.2, 0) is 16.3 Å². The Morgan fingerprint density at radius 2 is 1.60 bits per heavy atom. The molecule has 0 radical (unpaired) electrons. The number of rotatable bonds is 6. The third-order valence-corrected chi connectivity index (χ3v) is 6.69. The molecule has 1 saturated heterocycles. The van der Waals surface area contributed by atoms with Gasteiger partial charge in [-0.05, 0) is 56.0 Å². The molecule has 0 bridgehead atoms. The quantitative estimate of drug-likeness (QED) is 0.861. The van der Waals surface area contributed by atoms with Crippen LogP contribution in [0.15, 0.2) is 59.5 Å². The number of sulfone groups is 1. The van der Waals surface area contributed by atoms with Crippen LogP contribution < -0.4 is 0 Å². The van der Waals surface area contributed by atoms with Crippen LogP contribution in [0.25, 0.3) is 0 Å². The van der Waals surface area contributed by atoms with E-state index in [0.717, 1.165) is 32.4 Å². The third kappa shape index (κ3) is 4.83. The van der Waals surface area contributed by atoms with Crippen LogP contribution in [0, 0.1) is 5.92 Å². The molecule has 25 heavy (non-hydrogen) atoms. The van der Waals surface area contributed by atoms with Crippen molar-refractivity contribution in [3.8, 4) is 5.75 Å². The zero-order valence-corrected chi connectivity index (χ0v) is 15.2. The molecule has 0 amide bonds. The summed E-state index contributed by atoms with van der Waals surface area (Å²) in [6.07, 6.45) is 3.31. The highest BCUT2D eigenvalue weighted by Crippen LogP contribution is 2.24. The molecule has 0 atom stereocenters. The monoisotopic (exact) mass is 359 g/mol. The summed E-state index contributed by atoms with van der Waals surface area (Å²) in [4.78, 5) is 2.26. The number of aromatic hydroxyl groups is 1. The summed E-state index contributed by atoms with van der Waals surface area (Å²) >= 11 is 0. The SMILES string of the molecule is O=S(=O)(CCN1CCC(Cc2ccccc2)CC1)c1ccccc1O. The zero-order valence-electron chi connectivity index (χ0n) is 14.3. The van der Waals surface area contributed by atoms with Gasteiger partial charge in [0.2, 0.25) is 0 Å². The Morgan fingerprint density at radius 1 is 0.960 bits per heavy atom. The molecule has 2 aromatic rings. The zero-order chi connectivity index (χ0) is 17.7. The van der Waals surface area contributed by atoms with E-state index in [4.69, 9.17) is 0 Å². The fourth-order valence-electron chi connectivity index (χ4n) is 3.44. The fraction of sp³-hybridized carbons (Fsp3) is 0.400. The first-order valence-corrected chi connectivity index (χ1v) is 10.5. The van der Waals surface area contributed by atoms with E-state index < -0.39 is 9.84 Å². The van der Waals surface area contributed by atoms with E-state index in [1.165, 1.54) is 17.7 Å². The molecule has 2 aromatic carbocycles.